The minimum Gasteiger partial charge on any atom is -0.485 e. The lowest BCUT2D eigenvalue weighted by atomic mass is 10.2. The van der Waals surface area contributed by atoms with Gasteiger partial charge >= 0.3 is 0 Å². The molecule has 0 N–H and O–H groups in total. The fourth-order valence-electron chi connectivity index (χ4n) is 2.80. The van der Waals surface area contributed by atoms with Crippen LogP contribution in [0.1, 0.15) is 5.01 Å². The van der Waals surface area contributed by atoms with E-state index in [1.807, 2.05) is 36.4 Å². The number of nitrogens with zero attached hydrogens (tertiary/aromatic N) is 5. The molecule has 0 spiro atoms. The SMILES string of the molecule is Clc1ccc(OCc2nn3c(-c4ccc5ccccc5n4)nnc3s2)c(Cl)c1. The Kier molecular flexibility index (Phi) is 4.35. The van der Waals surface area contributed by atoms with Gasteiger partial charge in [-0.05, 0) is 30.3 Å². The number of hydrogen-bond acceptors (Lipinski definition) is 6. The fraction of sp³-hybridized carbons (Fsp3) is 0.0526. The standard InChI is InChI=1S/C19H11Cl2N5OS/c20-12-6-8-16(13(21)9-12)27-10-17-25-26-18(23-24-19(26)28-17)15-7-5-11-3-1-2-4-14(11)22-15/h1-9H,10H2. The van der Waals surface area contributed by atoms with E-state index >= 15 is 0 Å². The zero-order chi connectivity index (χ0) is 19.1. The van der Waals surface area contributed by atoms with Crippen LogP contribution in [0.15, 0.2) is 54.6 Å². The number of ether oxygens (including phenoxy) is 1. The average Bonchev–Trinajstić information content (AvgIpc) is 3.27. The third-order valence-electron chi connectivity index (χ3n) is 4.11. The number of pyridine rings is 1. The second-order valence-electron chi connectivity index (χ2n) is 5.97. The van der Waals surface area contributed by atoms with Crippen molar-refractivity contribution in [2.75, 3.05) is 0 Å². The van der Waals surface area contributed by atoms with Crippen LogP contribution in [-0.2, 0) is 6.61 Å². The van der Waals surface area contributed by atoms with Gasteiger partial charge in [-0.2, -0.15) is 9.61 Å². The van der Waals surface area contributed by atoms with Crippen molar-refractivity contribution < 1.29 is 4.74 Å². The first-order valence-corrected chi connectivity index (χ1v) is 9.90. The van der Waals surface area contributed by atoms with E-state index in [-0.39, 0.29) is 6.61 Å². The van der Waals surface area contributed by atoms with Crippen molar-refractivity contribution in [3.63, 3.8) is 0 Å². The predicted molar refractivity (Wildman–Crippen MR) is 110 cm³/mol. The smallest absolute Gasteiger partial charge is 0.235 e. The van der Waals surface area contributed by atoms with Gasteiger partial charge in [-0.15, -0.1) is 10.2 Å². The Hall–Kier alpha value is -2.74. The molecule has 6 nitrogen and oxygen atoms in total. The van der Waals surface area contributed by atoms with Crippen LogP contribution in [0.5, 0.6) is 5.75 Å². The van der Waals surface area contributed by atoms with Gasteiger partial charge in [0.15, 0.2) is 5.01 Å². The summed E-state index contributed by atoms with van der Waals surface area (Å²) in [6.07, 6.45) is 0. The number of hydrogen-bond donors (Lipinski definition) is 0. The van der Waals surface area contributed by atoms with Crippen molar-refractivity contribution in [1.29, 1.82) is 0 Å². The summed E-state index contributed by atoms with van der Waals surface area (Å²) in [5.74, 6) is 1.14. The van der Waals surface area contributed by atoms with Crippen molar-refractivity contribution in [2.45, 2.75) is 6.61 Å². The maximum Gasteiger partial charge on any atom is 0.235 e. The van der Waals surface area contributed by atoms with Gasteiger partial charge in [-0.1, -0.05) is 58.8 Å². The van der Waals surface area contributed by atoms with Gasteiger partial charge in [0.2, 0.25) is 10.8 Å². The van der Waals surface area contributed by atoms with Gasteiger partial charge in [-0.25, -0.2) is 4.98 Å². The minimum absolute atomic E-state index is 0.264. The van der Waals surface area contributed by atoms with E-state index in [1.54, 1.807) is 22.7 Å². The molecular formula is C19H11Cl2N5OS. The molecule has 9 heteroatoms. The molecule has 0 radical (unpaired) electrons. The lowest BCUT2D eigenvalue weighted by Crippen LogP contribution is -1.98. The van der Waals surface area contributed by atoms with Gasteiger partial charge in [0.25, 0.3) is 0 Å². The van der Waals surface area contributed by atoms with Crippen molar-refractivity contribution in [3.05, 3.63) is 69.7 Å². The number of aromatic nitrogens is 5. The van der Waals surface area contributed by atoms with E-state index in [2.05, 4.69) is 20.3 Å². The highest BCUT2D eigenvalue weighted by Gasteiger charge is 2.15. The summed E-state index contributed by atoms with van der Waals surface area (Å²) in [6, 6.07) is 17.0. The highest BCUT2D eigenvalue weighted by molar-refractivity contribution is 7.16. The van der Waals surface area contributed by atoms with E-state index in [4.69, 9.17) is 27.9 Å². The van der Waals surface area contributed by atoms with Gasteiger partial charge in [0, 0.05) is 10.4 Å². The Morgan fingerprint density at radius 2 is 1.89 bits per heavy atom. The maximum absolute atomic E-state index is 6.14. The van der Waals surface area contributed by atoms with Crippen LogP contribution >= 0.6 is 34.5 Å². The fourth-order valence-corrected chi connectivity index (χ4v) is 4.01. The molecular weight excluding hydrogens is 417 g/mol. The molecule has 0 atom stereocenters. The molecule has 138 valence electrons. The van der Waals surface area contributed by atoms with E-state index in [9.17, 15) is 0 Å². The molecule has 0 unspecified atom stereocenters. The third-order valence-corrected chi connectivity index (χ3v) is 5.51. The summed E-state index contributed by atoms with van der Waals surface area (Å²) in [5.41, 5.74) is 1.61. The van der Waals surface area contributed by atoms with Crippen LogP contribution in [0.4, 0.5) is 0 Å². The lowest BCUT2D eigenvalue weighted by Gasteiger charge is -2.05. The van der Waals surface area contributed by atoms with Crippen LogP contribution in [0, 0.1) is 0 Å². The van der Waals surface area contributed by atoms with Crippen LogP contribution < -0.4 is 4.74 Å². The van der Waals surface area contributed by atoms with E-state index in [1.165, 1.54) is 11.3 Å². The highest BCUT2D eigenvalue weighted by atomic mass is 35.5. The second-order valence-corrected chi connectivity index (χ2v) is 7.85. The van der Waals surface area contributed by atoms with Crippen molar-refractivity contribution in [2.24, 2.45) is 0 Å². The Labute approximate surface area is 173 Å². The monoisotopic (exact) mass is 427 g/mol. The Morgan fingerprint density at radius 1 is 1.00 bits per heavy atom. The normalized spacial score (nSPS) is 11.4. The van der Waals surface area contributed by atoms with Crippen LogP contribution in [-0.4, -0.2) is 24.8 Å². The predicted octanol–water partition coefficient (Wildman–Crippen LogP) is 5.29. The van der Waals surface area contributed by atoms with Crippen LogP contribution in [0.25, 0.3) is 27.4 Å². The molecule has 0 saturated carbocycles. The van der Waals surface area contributed by atoms with E-state index in [0.29, 0.717) is 32.3 Å². The summed E-state index contributed by atoms with van der Waals surface area (Å²) in [5, 5.41) is 15.8. The molecule has 5 rings (SSSR count). The van der Waals surface area contributed by atoms with Gasteiger partial charge in [0.05, 0.1) is 10.5 Å². The maximum atomic E-state index is 6.14. The molecule has 3 aromatic heterocycles. The Balaban J connectivity index is 1.44. The molecule has 5 aromatic rings. The molecule has 3 heterocycles. The average molecular weight is 428 g/mol. The van der Waals surface area contributed by atoms with Crippen molar-refractivity contribution >= 4 is 50.4 Å². The zero-order valence-corrected chi connectivity index (χ0v) is 16.5. The van der Waals surface area contributed by atoms with Gasteiger partial charge in [-0.3, -0.25) is 0 Å². The minimum atomic E-state index is 0.264. The summed E-state index contributed by atoms with van der Waals surface area (Å²) in [7, 11) is 0. The number of rotatable bonds is 4. The molecule has 0 bridgehead atoms. The van der Waals surface area contributed by atoms with E-state index < -0.39 is 0 Å². The van der Waals surface area contributed by atoms with Crippen LogP contribution in [0.2, 0.25) is 10.0 Å². The number of fused-ring (bicyclic) bond motifs is 2. The molecule has 0 saturated heterocycles. The van der Waals surface area contributed by atoms with Crippen molar-refractivity contribution in [3.8, 4) is 17.3 Å². The summed E-state index contributed by atoms with van der Waals surface area (Å²) in [6.45, 7) is 0.264. The summed E-state index contributed by atoms with van der Waals surface area (Å²) < 4.78 is 7.44. The highest BCUT2D eigenvalue weighted by Crippen LogP contribution is 2.29. The Morgan fingerprint density at radius 3 is 2.79 bits per heavy atom. The van der Waals surface area contributed by atoms with Gasteiger partial charge in [0.1, 0.15) is 18.1 Å². The summed E-state index contributed by atoms with van der Waals surface area (Å²) in [4.78, 5) is 5.34. The molecule has 0 aliphatic rings. The van der Waals surface area contributed by atoms with Crippen molar-refractivity contribution in [1.82, 2.24) is 24.8 Å². The molecule has 2 aromatic carbocycles. The Bertz CT molecular complexity index is 1320. The first-order chi connectivity index (χ1) is 13.7. The molecule has 0 amide bonds. The quantitative estimate of drug-likeness (QED) is 0.389. The molecule has 28 heavy (non-hydrogen) atoms. The third kappa shape index (κ3) is 3.17. The molecule has 0 aliphatic heterocycles. The number of para-hydroxylation sites is 1. The van der Waals surface area contributed by atoms with Gasteiger partial charge < -0.3 is 4.74 Å². The number of benzene rings is 2. The molecule has 0 aliphatic carbocycles. The largest absolute Gasteiger partial charge is 0.485 e. The second kappa shape index (κ2) is 7.01. The number of halogens is 2. The zero-order valence-electron chi connectivity index (χ0n) is 14.2. The topological polar surface area (TPSA) is 65.2 Å². The summed E-state index contributed by atoms with van der Waals surface area (Å²) >= 11 is 13.5. The first-order valence-electron chi connectivity index (χ1n) is 8.32. The molecule has 0 fully saturated rings. The van der Waals surface area contributed by atoms with Crippen LogP contribution in [0.3, 0.4) is 0 Å². The lowest BCUT2D eigenvalue weighted by molar-refractivity contribution is 0.304. The first kappa shape index (κ1) is 17.4. The van der Waals surface area contributed by atoms with E-state index in [0.717, 1.165) is 15.9 Å².